The summed E-state index contributed by atoms with van der Waals surface area (Å²) in [7, 11) is 0. The smallest absolute Gasteiger partial charge is 0.338 e. The summed E-state index contributed by atoms with van der Waals surface area (Å²) in [6.45, 7) is -1.19. The Hall–Kier alpha value is -5.43. The standard InChI is InChI=1S/C31H33N9O12/c32-38-35-13-20-27(51-29(45)15-7-3-1-4-8-15)28(52-30(46)16-9-5-2-6-10-16)31(49-20)48-19-12-22(47-21(14-41)24(19)43)50-26-18(37-40-34)11-17(36-39-33)23(42)25(26)44/h1-10,12,17-18,20-28,31,41-44H,11,13-14H2/t17-,18?,20-,21?,22-,23?,24+,25?,26-,27?,28?,31-/m1/s1. The normalized spacial score (nSPS) is 32.5. The van der Waals surface area contributed by atoms with Gasteiger partial charge in [0.15, 0.2) is 12.4 Å². The largest absolute Gasteiger partial charge is 0.462 e. The summed E-state index contributed by atoms with van der Waals surface area (Å²) in [4.78, 5) is 34.6. The van der Waals surface area contributed by atoms with Gasteiger partial charge in [0.1, 0.15) is 30.2 Å². The summed E-state index contributed by atoms with van der Waals surface area (Å²) in [5.74, 6) is -2.04. The number of ether oxygens (including phenoxy) is 6. The molecule has 21 heteroatoms. The Balaban J connectivity index is 1.46. The second kappa shape index (κ2) is 17.7. The van der Waals surface area contributed by atoms with E-state index in [-0.39, 0.29) is 23.3 Å². The number of nitrogens with zero attached hydrogens (tertiary/aromatic N) is 9. The molecule has 3 aliphatic rings. The van der Waals surface area contributed by atoms with Crippen LogP contribution >= 0.6 is 0 Å². The van der Waals surface area contributed by atoms with Gasteiger partial charge in [-0.05, 0) is 47.3 Å². The first-order valence-corrected chi connectivity index (χ1v) is 15.8. The molecule has 2 aromatic carbocycles. The number of rotatable bonds is 13. The van der Waals surface area contributed by atoms with E-state index in [1.807, 2.05) is 0 Å². The highest BCUT2D eigenvalue weighted by Gasteiger charge is 2.52. The van der Waals surface area contributed by atoms with Gasteiger partial charge in [0.2, 0.25) is 12.4 Å². The molecule has 0 spiro atoms. The molecule has 1 saturated carbocycles. The van der Waals surface area contributed by atoms with Crippen molar-refractivity contribution in [2.24, 2.45) is 15.3 Å². The van der Waals surface area contributed by atoms with Crippen LogP contribution in [0.2, 0.25) is 0 Å². The Morgan fingerprint density at radius 3 is 1.94 bits per heavy atom. The van der Waals surface area contributed by atoms with Crippen molar-refractivity contribution in [2.45, 2.75) is 79.9 Å². The molecule has 2 aromatic rings. The molecule has 6 unspecified atom stereocenters. The van der Waals surface area contributed by atoms with E-state index in [2.05, 4.69) is 30.1 Å². The fraction of sp³-hybridized carbons (Fsp3) is 0.484. The molecule has 0 amide bonds. The fourth-order valence-electron chi connectivity index (χ4n) is 5.87. The molecule has 52 heavy (non-hydrogen) atoms. The van der Waals surface area contributed by atoms with Gasteiger partial charge in [-0.2, -0.15) is 0 Å². The number of esters is 2. The summed E-state index contributed by atoms with van der Waals surface area (Å²) in [5.41, 5.74) is 27.3. The second-order valence-electron chi connectivity index (χ2n) is 11.6. The number of hydrogen-bond donors (Lipinski definition) is 4. The minimum Gasteiger partial charge on any atom is -0.462 e. The van der Waals surface area contributed by atoms with E-state index in [4.69, 9.17) is 45.0 Å². The molecule has 2 heterocycles. The van der Waals surface area contributed by atoms with Crippen LogP contribution in [0.25, 0.3) is 31.3 Å². The van der Waals surface area contributed by atoms with Crippen LogP contribution in [0.4, 0.5) is 0 Å². The third-order valence-electron chi connectivity index (χ3n) is 8.42. The Kier molecular flexibility index (Phi) is 12.9. The maximum Gasteiger partial charge on any atom is 0.338 e. The summed E-state index contributed by atoms with van der Waals surface area (Å²) in [6.07, 6.45) is -14.4. The van der Waals surface area contributed by atoms with Crippen LogP contribution in [0.3, 0.4) is 0 Å². The highest BCUT2D eigenvalue weighted by atomic mass is 16.7. The lowest BCUT2D eigenvalue weighted by Gasteiger charge is -2.42. The zero-order valence-corrected chi connectivity index (χ0v) is 27.0. The van der Waals surface area contributed by atoms with Crippen LogP contribution in [0.1, 0.15) is 27.1 Å². The average Bonchev–Trinajstić information content (AvgIpc) is 3.47. The van der Waals surface area contributed by atoms with E-state index in [0.29, 0.717) is 0 Å². The summed E-state index contributed by atoms with van der Waals surface area (Å²) in [5, 5.41) is 53.1. The van der Waals surface area contributed by atoms with Crippen molar-refractivity contribution in [3.63, 3.8) is 0 Å². The first kappa shape index (κ1) is 37.8. The quantitative estimate of drug-likeness (QED) is 0.100. The number of benzene rings is 2. The zero-order valence-electron chi connectivity index (χ0n) is 27.0. The van der Waals surface area contributed by atoms with Crippen molar-refractivity contribution < 1.29 is 58.4 Å². The fourth-order valence-corrected chi connectivity index (χ4v) is 5.87. The Labute approximate surface area is 293 Å². The summed E-state index contributed by atoms with van der Waals surface area (Å²) < 4.78 is 35.0. The van der Waals surface area contributed by atoms with Crippen LogP contribution in [0.15, 0.2) is 87.8 Å². The predicted molar refractivity (Wildman–Crippen MR) is 172 cm³/mol. The van der Waals surface area contributed by atoms with Gasteiger partial charge in [-0.15, -0.1) is 0 Å². The van der Waals surface area contributed by atoms with Gasteiger partial charge in [-0.1, -0.05) is 51.7 Å². The zero-order chi connectivity index (χ0) is 37.2. The van der Waals surface area contributed by atoms with E-state index in [9.17, 15) is 30.0 Å². The minimum atomic E-state index is -1.75. The molecule has 1 saturated heterocycles. The maximum absolute atomic E-state index is 13.3. The Bertz CT molecular complexity index is 1740. The van der Waals surface area contributed by atoms with Crippen LogP contribution in [0, 0.1) is 0 Å². The van der Waals surface area contributed by atoms with Crippen LogP contribution < -0.4 is 0 Å². The number of azide groups is 3. The van der Waals surface area contributed by atoms with Gasteiger partial charge in [0, 0.05) is 20.8 Å². The predicted octanol–water partition coefficient (Wildman–Crippen LogP) is 2.32. The number of carbonyl (C=O) groups is 2. The average molecular weight is 724 g/mol. The van der Waals surface area contributed by atoms with Gasteiger partial charge in [-0.3, -0.25) is 0 Å². The monoisotopic (exact) mass is 723 g/mol. The van der Waals surface area contributed by atoms with Crippen molar-refractivity contribution in [2.75, 3.05) is 13.2 Å². The molecule has 0 radical (unpaired) electrons. The highest BCUT2D eigenvalue weighted by Crippen LogP contribution is 2.35. The first-order chi connectivity index (χ1) is 25.2. The van der Waals surface area contributed by atoms with Gasteiger partial charge in [-0.25, -0.2) is 9.59 Å². The molecule has 2 aliphatic heterocycles. The van der Waals surface area contributed by atoms with E-state index in [1.165, 1.54) is 24.3 Å². The van der Waals surface area contributed by atoms with Gasteiger partial charge < -0.3 is 48.8 Å². The molecule has 12 atom stereocenters. The first-order valence-electron chi connectivity index (χ1n) is 15.8. The van der Waals surface area contributed by atoms with Gasteiger partial charge in [0.25, 0.3) is 0 Å². The number of hydrogen-bond acceptors (Lipinski definition) is 15. The molecule has 21 nitrogen and oxygen atoms in total. The van der Waals surface area contributed by atoms with E-state index < -0.39 is 98.6 Å². The molecule has 274 valence electrons. The molecule has 0 aromatic heterocycles. The number of carbonyl (C=O) groups excluding carboxylic acids is 2. The molecular weight excluding hydrogens is 690 g/mol. The second-order valence-corrected chi connectivity index (χ2v) is 11.6. The third-order valence-corrected chi connectivity index (χ3v) is 8.42. The molecule has 0 bridgehead atoms. The van der Waals surface area contributed by atoms with Crippen LogP contribution in [-0.4, -0.2) is 119 Å². The maximum atomic E-state index is 13.3. The Morgan fingerprint density at radius 2 is 1.37 bits per heavy atom. The van der Waals surface area contributed by atoms with Gasteiger partial charge in [0.05, 0.1) is 48.6 Å². The molecule has 4 N–H and O–H groups in total. The van der Waals surface area contributed by atoms with E-state index in [0.717, 1.165) is 6.08 Å². The van der Waals surface area contributed by atoms with Crippen molar-refractivity contribution in [1.29, 1.82) is 0 Å². The minimum absolute atomic E-state index is 0.123. The topological polar surface area (TPSA) is 317 Å². The van der Waals surface area contributed by atoms with Crippen molar-refractivity contribution in [1.82, 2.24) is 0 Å². The lowest BCUT2D eigenvalue weighted by atomic mass is 9.84. The molecule has 1 aliphatic carbocycles. The third kappa shape index (κ3) is 8.71. The Morgan fingerprint density at radius 1 is 0.769 bits per heavy atom. The summed E-state index contributed by atoms with van der Waals surface area (Å²) >= 11 is 0. The summed E-state index contributed by atoms with van der Waals surface area (Å²) in [6, 6.07) is 13.4. The lowest BCUT2D eigenvalue weighted by Crippen LogP contribution is -2.57. The van der Waals surface area contributed by atoms with Gasteiger partial charge >= 0.3 is 11.9 Å². The number of aliphatic hydroxyl groups is 4. The molecular formula is C31H33N9O12. The lowest BCUT2D eigenvalue weighted by molar-refractivity contribution is -0.244. The van der Waals surface area contributed by atoms with E-state index in [1.54, 1.807) is 36.4 Å². The van der Waals surface area contributed by atoms with Crippen LogP contribution in [-0.2, 0) is 28.4 Å². The van der Waals surface area contributed by atoms with Crippen molar-refractivity contribution >= 4 is 11.9 Å². The SMILES string of the molecule is [N-]=[N+]=NC[C@H]1O[C@@H](OC2=C[C@@H](O[C@@H]3C(N=[N+]=[N-])C[C@@H](N=[N+]=[N-])C(O)C3O)OC(CO)[C@H]2O)C(OC(=O)c2ccccc2)C1OC(=O)c1ccccc1. The van der Waals surface area contributed by atoms with E-state index >= 15 is 0 Å². The number of aliphatic hydroxyl groups excluding tert-OH is 4. The van der Waals surface area contributed by atoms with Crippen molar-refractivity contribution in [3.05, 3.63) is 115 Å². The molecule has 5 rings (SSSR count). The van der Waals surface area contributed by atoms with Crippen LogP contribution in [0.5, 0.6) is 0 Å². The van der Waals surface area contributed by atoms with Crippen molar-refractivity contribution in [3.8, 4) is 0 Å². The highest BCUT2D eigenvalue weighted by molar-refractivity contribution is 5.90. The molecule has 2 fully saturated rings.